The smallest absolute Gasteiger partial charge is 0.0355 e. The Bertz CT molecular complexity index is 356. The predicted octanol–water partition coefficient (Wildman–Crippen LogP) is 2.36. The maximum absolute atomic E-state index is 6.09. The van der Waals surface area contributed by atoms with E-state index in [9.17, 15) is 0 Å². The molecular formula is C12H15N. The van der Waals surface area contributed by atoms with Crippen molar-refractivity contribution >= 4 is 5.57 Å². The van der Waals surface area contributed by atoms with Gasteiger partial charge in [-0.05, 0) is 37.0 Å². The van der Waals surface area contributed by atoms with E-state index in [1.54, 1.807) is 0 Å². The van der Waals surface area contributed by atoms with Crippen molar-refractivity contribution in [1.82, 2.24) is 0 Å². The first-order valence-electron chi connectivity index (χ1n) is 4.67. The molecule has 0 atom stereocenters. The molecule has 2 rings (SSSR count). The molecule has 13 heavy (non-hydrogen) atoms. The highest BCUT2D eigenvalue weighted by atomic mass is 14.7. The first-order chi connectivity index (χ1) is 6.09. The Morgan fingerprint density at radius 2 is 1.92 bits per heavy atom. The summed E-state index contributed by atoms with van der Waals surface area (Å²) in [5, 5.41) is 0. The van der Waals surface area contributed by atoms with Gasteiger partial charge in [-0.25, -0.2) is 0 Å². The van der Waals surface area contributed by atoms with Crippen LogP contribution in [0, 0.1) is 0 Å². The molecule has 68 valence electrons. The lowest BCUT2D eigenvalue weighted by atomic mass is 9.91. The molecule has 0 saturated carbocycles. The Kier molecular flexibility index (Phi) is 1.77. The fourth-order valence-corrected chi connectivity index (χ4v) is 1.89. The molecule has 1 aromatic carbocycles. The zero-order valence-corrected chi connectivity index (χ0v) is 8.17. The molecule has 1 heteroatoms. The summed E-state index contributed by atoms with van der Waals surface area (Å²) >= 11 is 0. The van der Waals surface area contributed by atoms with Gasteiger partial charge in [-0.1, -0.05) is 30.3 Å². The van der Waals surface area contributed by atoms with Crippen molar-refractivity contribution in [2.75, 3.05) is 0 Å². The van der Waals surface area contributed by atoms with E-state index in [0.29, 0.717) is 0 Å². The van der Waals surface area contributed by atoms with Crippen molar-refractivity contribution < 1.29 is 0 Å². The molecule has 0 aliphatic heterocycles. The van der Waals surface area contributed by atoms with Crippen molar-refractivity contribution in [3.05, 3.63) is 41.5 Å². The summed E-state index contributed by atoms with van der Waals surface area (Å²) in [6, 6.07) is 8.48. The van der Waals surface area contributed by atoms with Crippen LogP contribution in [0.15, 0.2) is 30.3 Å². The average Bonchev–Trinajstić information content (AvgIpc) is 2.45. The molecule has 0 unspecified atom stereocenters. The van der Waals surface area contributed by atoms with Crippen molar-refractivity contribution in [2.45, 2.75) is 25.8 Å². The van der Waals surface area contributed by atoms with Gasteiger partial charge in [0.1, 0.15) is 0 Å². The van der Waals surface area contributed by atoms with Crippen LogP contribution in [0.4, 0.5) is 0 Å². The number of hydrogen-bond donors (Lipinski definition) is 1. The Balaban J connectivity index is 2.48. The van der Waals surface area contributed by atoms with E-state index in [0.717, 1.165) is 6.42 Å². The minimum Gasteiger partial charge on any atom is -0.322 e. The van der Waals surface area contributed by atoms with Gasteiger partial charge in [0.15, 0.2) is 0 Å². The SMILES string of the molecule is CC(C)(N)C1=CCc2ccccc21. The molecule has 0 saturated heterocycles. The van der Waals surface area contributed by atoms with Gasteiger partial charge in [0.2, 0.25) is 0 Å². The Labute approximate surface area is 79.3 Å². The zero-order valence-electron chi connectivity index (χ0n) is 8.17. The fourth-order valence-electron chi connectivity index (χ4n) is 1.89. The summed E-state index contributed by atoms with van der Waals surface area (Å²) in [5.41, 5.74) is 9.88. The van der Waals surface area contributed by atoms with Crippen LogP contribution in [0.25, 0.3) is 5.57 Å². The van der Waals surface area contributed by atoms with Crippen LogP contribution in [-0.4, -0.2) is 5.54 Å². The first-order valence-corrected chi connectivity index (χ1v) is 4.67. The molecule has 1 aromatic rings. The van der Waals surface area contributed by atoms with E-state index >= 15 is 0 Å². The molecule has 0 bridgehead atoms. The second kappa shape index (κ2) is 2.71. The second-order valence-electron chi connectivity index (χ2n) is 4.20. The summed E-state index contributed by atoms with van der Waals surface area (Å²) in [5.74, 6) is 0. The lowest BCUT2D eigenvalue weighted by Gasteiger charge is -2.21. The summed E-state index contributed by atoms with van der Waals surface area (Å²) < 4.78 is 0. The lowest BCUT2D eigenvalue weighted by molar-refractivity contribution is 0.676. The van der Waals surface area contributed by atoms with Gasteiger partial charge in [-0.2, -0.15) is 0 Å². The number of benzene rings is 1. The summed E-state index contributed by atoms with van der Waals surface area (Å²) in [4.78, 5) is 0. The van der Waals surface area contributed by atoms with Crippen molar-refractivity contribution in [3.63, 3.8) is 0 Å². The van der Waals surface area contributed by atoms with E-state index in [1.807, 2.05) is 0 Å². The highest BCUT2D eigenvalue weighted by Crippen LogP contribution is 2.33. The third-order valence-corrected chi connectivity index (χ3v) is 2.53. The van der Waals surface area contributed by atoms with Crippen molar-refractivity contribution in [2.24, 2.45) is 5.73 Å². The number of fused-ring (bicyclic) bond motifs is 1. The lowest BCUT2D eigenvalue weighted by Crippen LogP contribution is -2.32. The van der Waals surface area contributed by atoms with Crippen molar-refractivity contribution in [1.29, 1.82) is 0 Å². The third-order valence-electron chi connectivity index (χ3n) is 2.53. The standard InChI is InChI=1S/C12H15N/c1-12(2,13)11-8-7-9-5-3-4-6-10(9)11/h3-6,8H,7,13H2,1-2H3. The van der Waals surface area contributed by atoms with Gasteiger partial charge in [-0.15, -0.1) is 0 Å². The molecule has 0 aromatic heterocycles. The monoisotopic (exact) mass is 173 g/mol. The second-order valence-corrected chi connectivity index (χ2v) is 4.20. The van der Waals surface area contributed by atoms with E-state index in [-0.39, 0.29) is 5.54 Å². The number of nitrogens with two attached hydrogens (primary N) is 1. The number of rotatable bonds is 1. The van der Waals surface area contributed by atoms with Crippen LogP contribution in [0.2, 0.25) is 0 Å². The minimum atomic E-state index is -0.216. The van der Waals surface area contributed by atoms with Crippen LogP contribution in [0.1, 0.15) is 25.0 Å². The van der Waals surface area contributed by atoms with Crippen LogP contribution in [-0.2, 0) is 6.42 Å². The fraction of sp³-hybridized carbons (Fsp3) is 0.333. The quantitative estimate of drug-likeness (QED) is 0.693. The Hall–Kier alpha value is -1.08. The van der Waals surface area contributed by atoms with Gasteiger partial charge >= 0.3 is 0 Å². The highest BCUT2D eigenvalue weighted by Gasteiger charge is 2.24. The first kappa shape index (κ1) is 8.52. The van der Waals surface area contributed by atoms with Crippen LogP contribution < -0.4 is 5.73 Å². The van der Waals surface area contributed by atoms with Crippen molar-refractivity contribution in [3.8, 4) is 0 Å². The molecule has 0 amide bonds. The summed E-state index contributed by atoms with van der Waals surface area (Å²) in [6.45, 7) is 4.11. The minimum absolute atomic E-state index is 0.216. The highest BCUT2D eigenvalue weighted by molar-refractivity contribution is 5.78. The molecule has 2 N–H and O–H groups in total. The summed E-state index contributed by atoms with van der Waals surface area (Å²) in [7, 11) is 0. The van der Waals surface area contributed by atoms with Crippen LogP contribution in [0.3, 0.4) is 0 Å². The van der Waals surface area contributed by atoms with E-state index < -0.39 is 0 Å². The largest absolute Gasteiger partial charge is 0.322 e. The van der Waals surface area contributed by atoms with E-state index in [2.05, 4.69) is 44.2 Å². The molecule has 0 fully saturated rings. The molecule has 1 aliphatic carbocycles. The van der Waals surface area contributed by atoms with Gasteiger partial charge < -0.3 is 5.73 Å². The topological polar surface area (TPSA) is 26.0 Å². The van der Waals surface area contributed by atoms with Crippen LogP contribution >= 0.6 is 0 Å². The molecule has 1 aliphatic rings. The van der Waals surface area contributed by atoms with Crippen LogP contribution in [0.5, 0.6) is 0 Å². The van der Waals surface area contributed by atoms with Gasteiger partial charge in [0.25, 0.3) is 0 Å². The number of allylic oxidation sites excluding steroid dienone is 1. The van der Waals surface area contributed by atoms with Gasteiger partial charge in [0, 0.05) is 5.54 Å². The maximum atomic E-state index is 6.09. The predicted molar refractivity (Wildman–Crippen MR) is 56.4 cm³/mol. The molecule has 1 nitrogen and oxygen atoms in total. The van der Waals surface area contributed by atoms with Gasteiger partial charge in [0.05, 0.1) is 0 Å². The normalized spacial score (nSPS) is 15.5. The molecule has 0 heterocycles. The third kappa shape index (κ3) is 1.40. The maximum Gasteiger partial charge on any atom is 0.0355 e. The molecule has 0 spiro atoms. The number of hydrogen-bond acceptors (Lipinski definition) is 1. The van der Waals surface area contributed by atoms with Gasteiger partial charge in [-0.3, -0.25) is 0 Å². The summed E-state index contributed by atoms with van der Waals surface area (Å²) in [6.07, 6.45) is 3.27. The van der Waals surface area contributed by atoms with E-state index in [1.165, 1.54) is 16.7 Å². The average molecular weight is 173 g/mol. The van der Waals surface area contributed by atoms with E-state index in [4.69, 9.17) is 5.73 Å². The molecule has 0 radical (unpaired) electrons. The zero-order chi connectivity index (χ0) is 9.47. The Morgan fingerprint density at radius 1 is 1.23 bits per heavy atom. The molecular weight excluding hydrogens is 158 g/mol. The Morgan fingerprint density at radius 3 is 2.62 bits per heavy atom.